The number of hydrogen-bond donors (Lipinski definition) is 1. The van der Waals surface area contributed by atoms with Crippen LogP contribution in [0.2, 0.25) is 0 Å². The van der Waals surface area contributed by atoms with E-state index in [9.17, 15) is 4.79 Å². The van der Waals surface area contributed by atoms with E-state index in [1.54, 1.807) is 6.92 Å². The van der Waals surface area contributed by atoms with Crippen molar-refractivity contribution < 1.29 is 4.79 Å². The van der Waals surface area contributed by atoms with Crippen molar-refractivity contribution in [3.63, 3.8) is 0 Å². The number of hydrogen-bond acceptors (Lipinski definition) is 4. The third-order valence-electron chi connectivity index (χ3n) is 3.06. The smallest absolute Gasteiger partial charge is 0.264 e. The van der Waals surface area contributed by atoms with Crippen molar-refractivity contribution in [3.05, 3.63) is 10.6 Å². The summed E-state index contributed by atoms with van der Waals surface area (Å²) < 4.78 is 3.75. The van der Waals surface area contributed by atoms with Gasteiger partial charge in [0, 0.05) is 12.4 Å². The molecule has 0 unspecified atom stereocenters. The van der Waals surface area contributed by atoms with Gasteiger partial charge in [-0.2, -0.15) is 0 Å². The molecule has 1 saturated carbocycles. The summed E-state index contributed by atoms with van der Waals surface area (Å²) >= 11 is 6.88. The Morgan fingerprint density at radius 3 is 2.88 bits per heavy atom. The third kappa shape index (κ3) is 2.52. The van der Waals surface area contributed by atoms with Crippen LogP contribution in [0.15, 0.2) is 0 Å². The van der Waals surface area contributed by atoms with Gasteiger partial charge in [0.15, 0.2) is 0 Å². The zero-order valence-corrected chi connectivity index (χ0v) is 10.7. The van der Waals surface area contributed by atoms with E-state index >= 15 is 0 Å². The Hall–Kier alpha value is -0.680. The number of nitrogens with one attached hydrogen (secondary N) is 1. The van der Waals surface area contributed by atoms with Crippen LogP contribution in [0, 0.1) is 12.3 Å². The lowest BCUT2D eigenvalue weighted by Gasteiger charge is -2.13. The van der Waals surface area contributed by atoms with Crippen LogP contribution in [0.5, 0.6) is 0 Å². The summed E-state index contributed by atoms with van der Waals surface area (Å²) in [4.78, 5) is 12.4. The molecule has 1 fully saturated rings. The maximum absolute atomic E-state index is 11.8. The van der Waals surface area contributed by atoms with Crippen LogP contribution < -0.4 is 5.32 Å². The molecule has 0 aliphatic heterocycles. The van der Waals surface area contributed by atoms with E-state index in [0.29, 0.717) is 16.5 Å². The molecule has 2 rings (SSSR count). The average molecular weight is 260 g/mol. The lowest BCUT2D eigenvalue weighted by Crippen LogP contribution is -2.30. The van der Waals surface area contributed by atoms with Gasteiger partial charge in [-0.25, -0.2) is 0 Å². The van der Waals surface area contributed by atoms with Crippen molar-refractivity contribution >= 4 is 29.0 Å². The van der Waals surface area contributed by atoms with Crippen LogP contribution >= 0.6 is 23.1 Å². The number of aryl methyl sites for hydroxylation is 1. The minimum atomic E-state index is -0.0617. The zero-order valence-electron chi connectivity index (χ0n) is 9.12. The number of halogens is 1. The number of amides is 1. The predicted molar refractivity (Wildman–Crippen MR) is 64.0 cm³/mol. The van der Waals surface area contributed by atoms with Gasteiger partial charge in [-0.3, -0.25) is 4.79 Å². The van der Waals surface area contributed by atoms with Gasteiger partial charge in [0.2, 0.25) is 0 Å². The average Bonchev–Trinajstić information content (AvgIpc) is 2.89. The number of nitrogens with zero attached hydrogens (tertiary/aromatic N) is 2. The highest BCUT2D eigenvalue weighted by molar-refractivity contribution is 7.07. The predicted octanol–water partition coefficient (Wildman–Crippen LogP) is 1.99. The van der Waals surface area contributed by atoms with Crippen LogP contribution in [-0.4, -0.2) is 27.9 Å². The number of aromatic nitrogens is 2. The van der Waals surface area contributed by atoms with Crippen molar-refractivity contribution in [1.29, 1.82) is 0 Å². The molecule has 0 saturated heterocycles. The van der Waals surface area contributed by atoms with Crippen molar-refractivity contribution in [2.75, 3.05) is 12.4 Å². The fourth-order valence-electron chi connectivity index (χ4n) is 1.68. The summed E-state index contributed by atoms with van der Waals surface area (Å²) in [6.07, 6.45) is 3.31. The summed E-state index contributed by atoms with van der Waals surface area (Å²) in [5.74, 6) is 0.602. The first-order valence-corrected chi connectivity index (χ1v) is 6.61. The molecule has 1 N–H and O–H groups in total. The minimum Gasteiger partial charge on any atom is -0.351 e. The van der Waals surface area contributed by atoms with Crippen LogP contribution in [0.25, 0.3) is 0 Å². The van der Waals surface area contributed by atoms with E-state index in [4.69, 9.17) is 11.6 Å². The highest BCUT2D eigenvalue weighted by atomic mass is 35.5. The normalized spacial score (nSPS) is 17.1. The lowest BCUT2D eigenvalue weighted by atomic mass is 10.0. The van der Waals surface area contributed by atoms with Crippen LogP contribution in [-0.2, 0) is 0 Å². The number of carbonyl (C=O) groups excluding carboxylic acids is 1. The Morgan fingerprint density at radius 2 is 2.38 bits per heavy atom. The molecule has 0 radical (unpaired) electrons. The van der Waals surface area contributed by atoms with E-state index < -0.39 is 0 Å². The first-order chi connectivity index (χ1) is 7.67. The molecule has 6 heteroatoms. The number of rotatable bonds is 5. The Kier molecular flexibility index (Phi) is 3.44. The quantitative estimate of drug-likeness (QED) is 0.823. The molecule has 0 spiro atoms. The van der Waals surface area contributed by atoms with Gasteiger partial charge < -0.3 is 5.32 Å². The maximum atomic E-state index is 11.8. The second kappa shape index (κ2) is 4.67. The first kappa shape index (κ1) is 11.8. The maximum Gasteiger partial charge on any atom is 0.264 e. The molecule has 1 aliphatic rings. The molecular formula is C10H14ClN3OS. The van der Waals surface area contributed by atoms with E-state index in [1.807, 2.05) is 0 Å². The van der Waals surface area contributed by atoms with Crippen molar-refractivity contribution in [2.45, 2.75) is 26.2 Å². The van der Waals surface area contributed by atoms with E-state index in [1.165, 1.54) is 12.8 Å². The molecule has 1 aromatic heterocycles. The van der Waals surface area contributed by atoms with E-state index in [0.717, 1.165) is 24.5 Å². The molecule has 1 amide bonds. The molecule has 0 aromatic carbocycles. The largest absolute Gasteiger partial charge is 0.351 e. The van der Waals surface area contributed by atoms with Gasteiger partial charge >= 0.3 is 0 Å². The van der Waals surface area contributed by atoms with Gasteiger partial charge in [0.1, 0.15) is 4.88 Å². The SMILES string of the molecule is Cc1nnsc1C(=O)NCC1(CCCl)CC1. The topological polar surface area (TPSA) is 54.9 Å². The lowest BCUT2D eigenvalue weighted by molar-refractivity contribution is 0.0947. The van der Waals surface area contributed by atoms with Crippen LogP contribution in [0.3, 0.4) is 0 Å². The Labute approximate surface area is 104 Å². The Bertz CT molecular complexity index is 389. The zero-order chi connectivity index (χ0) is 11.6. The summed E-state index contributed by atoms with van der Waals surface area (Å²) in [7, 11) is 0. The molecule has 0 atom stereocenters. The van der Waals surface area contributed by atoms with Crippen molar-refractivity contribution in [3.8, 4) is 0 Å². The first-order valence-electron chi connectivity index (χ1n) is 5.30. The van der Waals surface area contributed by atoms with Crippen LogP contribution in [0.1, 0.15) is 34.6 Å². The van der Waals surface area contributed by atoms with Gasteiger partial charge in [0.05, 0.1) is 5.69 Å². The monoisotopic (exact) mass is 259 g/mol. The standard InChI is InChI=1S/C10H14ClN3OS/c1-7-8(16-14-13-7)9(15)12-6-10(2-3-10)4-5-11/h2-6H2,1H3,(H,12,15). The molecule has 88 valence electrons. The molecule has 1 heterocycles. The van der Waals surface area contributed by atoms with E-state index in [2.05, 4.69) is 14.9 Å². The van der Waals surface area contributed by atoms with Gasteiger partial charge in [-0.1, -0.05) is 4.49 Å². The molecule has 0 bridgehead atoms. The number of carbonyl (C=O) groups is 1. The Morgan fingerprint density at radius 1 is 1.62 bits per heavy atom. The second-order valence-electron chi connectivity index (χ2n) is 4.31. The molecule has 16 heavy (non-hydrogen) atoms. The van der Waals surface area contributed by atoms with Crippen LogP contribution in [0.4, 0.5) is 0 Å². The molecular weight excluding hydrogens is 246 g/mol. The summed E-state index contributed by atoms with van der Waals surface area (Å²) in [5.41, 5.74) is 0.966. The minimum absolute atomic E-state index is 0.0617. The van der Waals surface area contributed by atoms with Gasteiger partial charge in [0.25, 0.3) is 5.91 Å². The molecule has 4 nitrogen and oxygen atoms in total. The third-order valence-corrected chi connectivity index (χ3v) is 4.08. The van der Waals surface area contributed by atoms with Crippen molar-refractivity contribution in [2.24, 2.45) is 5.41 Å². The van der Waals surface area contributed by atoms with Gasteiger partial charge in [-0.15, -0.1) is 16.7 Å². The van der Waals surface area contributed by atoms with Gasteiger partial charge in [-0.05, 0) is 43.1 Å². The highest BCUT2D eigenvalue weighted by Gasteiger charge is 2.41. The fourth-order valence-corrected chi connectivity index (χ4v) is 2.65. The fraction of sp³-hybridized carbons (Fsp3) is 0.700. The summed E-state index contributed by atoms with van der Waals surface area (Å²) in [5, 5.41) is 6.77. The number of alkyl halides is 1. The highest BCUT2D eigenvalue weighted by Crippen LogP contribution is 2.48. The molecule has 1 aromatic rings. The molecule has 1 aliphatic carbocycles. The van der Waals surface area contributed by atoms with Crippen molar-refractivity contribution in [1.82, 2.24) is 14.9 Å². The van der Waals surface area contributed by atoms with E-state index in [-0.39, 0.29) is 11.3 Å². The summed E-state index contributed by atoms with van der Waals surface area (Å²) in [6.45, 7) is 2.51. The second-order valence-corrected chi connectivity index (χ2v) is 5.44. The Balaban J connectivity index is 1.87. The summed E-state index contributed by atoms with van der Waals surface area (Å²) in [6, 6.07) is 0.